The molecule has 0 spiro atoms. The Morgan fingerprint density at radius 3 is 2.65 bits per heavy atom. The van der Waals surface area contributed by atoms with E-state index in [0.717, 1.165) is 25.7 Å². The Balaban J connectivity index is 1.73. The number of aliphatic hydroxyl groups is 1. The zero-order valence-corrected chi connectivity index (χ0v) is 18.9. The Bertz CT molecular complexity index is 1250. The molecule has 2 atom stereocenters. The van der Waals surface area contributed by atoms with Gasteiger partial charge < -0.3 is 15.0 Å². The lowest BCUT2D eigenvalue weighted by Crippen LogP contribution is -2.39. The van der Waals surface area contributed by atoms with Crippen LogP contribution in [0.5, 0.6) is 0 Å². The topological polar surface area (TPSA) is 94.1 Å². The highest BCUT2D eigenvalue weighted by Gasteiger charge is 2.24. The van der Waals surface area contributed by atoms with Crippen LogP contribution in [-0.2, 0) is 20.6 Å². The normalized spacial score (nSPS) is 19.1. The van der Waals surface area contributed by atoms with Gasteiger partial charge in [0.25, 0.3) is 5.56 Å². The molecule has 166 valence electrons. The van der Waals surface area contributed by atoms with Crippen molar-refractivity contribution in [2.75, 3.05) is 11.9 Å². The van der Waals surface area contributed by atoms with Crippen molar-refractivity contribution in [1.82, 2.24) is 18.7 Å². The summed E-state index contributed by atoms with van der Waals surface area (Å²) in [6.45, 7) is 0.252. The first-order valence-electron chi connectivity index (χ1n) is 10.3. The second-order valence-corrected chi connectivity index (χ2v) is 9.02. The van der Waals surface area contributed by atoms with E-state index in [1.165, 1.54) is 9.13 Å². The average molecular weight is 466 g/mol. The van der Waals surface area contributed by atoms with Crippen LogP contribution < -0.4 is 16.6 Å². The molecule has 4 rings (SSSR count). The van der Waals surface area contributed by atoms with Crippen molar-refractivity contribution in [3.05, 3.63) is 54.6 Å². The lowest BCUT2D eigenvalue weighted by Gasteiger charge is -2.28. The quantitative estimate of drug-likeness (QED) is 0.603. The van der Waals surface area contributed by atoms with E-state index >= 15 is 0 Å². The summed E-state index contributed by atoms with van der Waals surface area (Å²) in [5.74, 6) is 0.812. The van der Waals surface area contributed by atoms with E-state index in [0.29, 0.717) is 32.7 Å². The van der Waals surface area contributed by atoms with Gasteiger partial charge in [0.1, 0.15) is 0 Å². The molecule has 0 amide bonds. The minimum Gasteiger partial charge on any atom is -0.396 e. The molecule has 31 heavy (non-hydrogen) atoms. The van der Waals surface area contributed by atoms with Crippen LogP contribution in [-0.4, -0.2) is 36.4 Å². The molecule has 1 aliphatic rings. The number of aryl methyl sites for hydroxylation is 2. The third-order valence-electron chi connectivity index (χ3n) is 6.06. The van der Waals surface area contributed by atoms with Gasteiger partial charge in [-0.1, -0.05) is 35.7 Å². The third kappa shape index (κ3) is 4.12. The summed E-state index contributed by atoms with van der Waals surface area (Å²) in [5, 5.41) is 13.7. The number of aromatic nitrogens is 4. The van der Waals surface area contributed by atoms with Crippen LogP contribution in [0.1, 0.15) is 31.2 Å². The van der Waals surface area contributed by atoms with Crippen LogP contribution in [0.3, 0.4) is 0 Å². The van der Waals surface area contributed by atoms with Crippen molar-refractivity contribution in [3.8, 4) is 0 Å². The summed E-state index contributed by atoms with van der Waals surface area (Å²) < 4.78 is 4.26. The van der Waals surface area contributed by atoms with Crippen molar-refractivity contribution in [2.24, 2.45) is 20.0 Å². The van der Waals surface area contributed by atoms with Gasteiger partial charge >= 0.3 is 5.69 Å². The molecule has 3 aromatic rings. The fraction of sp³-hybridized carbons (Fsp3) is 0.476. The van der Waals surface area contributed by atoms with Crippen molar-refractivity contribution >= 4 is 40.3 Å². The lowest BCUT2D eigenvalue weighted by molar-refractivity contribution is 0.184. The van der Waals surface area contributed by atoms with Crippen molar-refractivity contribution in [1.29, 1.82) is 0 Å². The molecule has 2 aromatic heterocycles. The SMILES string of the molecule is Cn1c(NC2CCC[C@H](CO)C2)nc2c1c(=O)n(Cc1ccc(Cl)c(Cl)c1)c(=O)n2C. The van der Waals surface area contributed by atoms with Gasteiger partial charge in [0, 0.05) is 26.7 Å². The zero-order chi connectivity index (χ0) is 22.3. The van der Waals surface area contributed by atoms with Gasteiger partial charge in [-0.15, -0.1) is 0 Å². The molecule has 10 heteroatoms. The molecule has 1 aliphatic carbocycles. The minimum atomic E-state index is -0.453. The molecule has 0 radical (unpaired) electrons. The highest BCUT2D eigenvalue weighted by molar-refractivity contribution is 6.42. The maximum Gasteiger partial charge on any atom is 0.332 e. The zero-order valence-electron chi connectivity index (χ0n) is 17.4. The average Bonchev–Trinajstić information content (AvgIpc) is 3.08. The van der Waals surface area contributed by atoms with Crippen LogP contribution in [0.15, 0.2) is 27.8 Å². The van der Waals surface area contributed by atoms with Crippen LogP contribution >= 0.6 is 23.2 Å². The number of fused-ring (bicyclic) bond motifs is 1. The number of imidazole rings is 1. The Morgan fingerprint density at radius 2 is 1.94 bits per heavy atom. The number of rotatable bonds is 5. The van der Waals surface area contributed by atoms with E-state index in [9.17, 15) is 14.7 Å². The molecule has 0 aliphatic heterocycles. The fourth-order valence-corrected chi connectivity index (χ4v) is 4.62. The number of aliphatic hydroxyl groups excluding tert-OH is 1. The van der Waals surface area contributed by atoms with E-state index in [1.54, 1.807) is 36.9 Å². The van der Waals surface area contributed by atoms with Gasteiger partial charge in [0.05, 0.1) is 16.6 Å². The lowest BCUT2D eigenvalue weighted by atomic mass is 9.86. The minimum absolute atomic E-state index is 0.0765. The van der Waals surface area contributed by atoms with Gasteiger partial charge in [-0.25, -0.2) is 4.79 Å². The summed E-state index contributed by atoms with van der Waals surface area (Å²) >= 11 is 12.1. The van der Waals surface area contributed by atoms with E-state index in [2.05, 4.69) is 10.3 Å². The van der Waals surface area contributed by atoms with Crippen LogP contribution in [0.4, 0.5) is 5.95 Å². The number of benzene rings is 1. The molecule has 1 unspecified atom stereocenters. The summed E-state index contributed by atoms with van der Waals surface area (Å²) in [6.07, 6.45) is 3.87. The Morgan fingerprint density at radius 1 is 1.16 bits per heavy atom. The molecular formula is C21H25Cl2N5O3. The smallest absolute Gasteiger partial charge is 0.332 e. The third-order valence-corrected chi connectivity index (χ3v) is 6.80. The molecule has 8 nitrogen and oxygen atoms in total. The van der Waals surface area contributed by atoms with Crippen LogP contribution in [0.2, 0.25) is 10.0 Å². The van der Waals surface area contributed by atoms with Crippen molar-refractivity contribution in [2.45, 2.75) is 38.3 Å². The number of halogens is 2. The highest BCUT2D eigenvalue weighted by atomic mass is 35.5. The number of nitrogens with one attached hydrogen (secondary N) is 1. The summed E-state index contributed by atoms with van der Waals surface area (Å²) in [6, 6.07) is 5.19. The first-order chi connectivity index (χ1) is 14.8. The number of hydrogen-bond acceptors (Lipinski definition) is 5. The van der Waals surface area contributed by atoms with E-state index in [4.69, 9.17) is 23.2 Å². The molecule has 0 saturated heterocycles. The number of hydrogen-bond donors (Lipinski definition) is 2. The Kier molecular flexibility index (Phi) is 6.14. The maximum absolute atomic E-state index is 13.3. The number of nitrogens with zero attached hydrogens (tertiary/aromatic N) is 4. The van der Waals surface area contributed by atoms with E-state index < -0.39 is 11.2 Å². The summed E-state index contributed by atoms with van der Waals surface area (Å²) in [5.41, 5.74) is 0.514. The van der Waals surface area contributed by atoms with Gasteiger partial charge in [-0.3, -0.25) is 13.9 Å². The van der Waals surface area contributed by atoms with Gasteiger partial charge in [-0.2, -0.15) is 4.98 Å². The second kappa shape index (κ2) is 8.68. The van der Waals surface area contributed by atoms with Crippen molar-refractivity contribution < 1.29 is 5.11 Å². The highest BCUT2D eigenvalue weighted by Crippen LogP contribution is 2.27. The predicted molar refractivity (Wildman–Crippen MR) is 122 cm³/mol. The molecule has 1 saturated carbocycles. The summed E-state index contributed by atoms with van der Waals surface area (Å²) in [4.78, 5) is 30.7. The molecule has 2 N–H and O–H groups in total. The van der Waals surface area contributed by atoms with Crippen LogP contribution in [0.25, 0.3) is 11.2 Å². The van der Waals surface area contributed by atoms with E-state index in [-0.39, 0.29) is 25.1 Å². The standard InChI is InChI=1S/C21H25Cl2N5O3/c1-26-17-18(25-20(26)24-14-5-3-4-13(8-14)11-29)27(2)21(31)28(19(17)30)10-12-6-7-15(22)16(23)9-12/h6-7,9,13-14,29H,3-5,8,10-11H2,1-2H3,(H,24,25)/t13-,14?/m0/s1. The first-order valence-corrected chi connectivity index (χ1v) is 11.0. The monoisotopic (exact) mass is 465 g/mol. The van der Waals surface area contributed by atoms with Gasteiger partial charge in [-0.05, 0) is 42.9 Å². The Labute approximate surface area is 189 Å². The molecule has 0 bridgehead atoms. The molecule has 2 heterocycles. The number of anilines is 1. The summed E-state index contributed by atoms with van der Waals surface area (Å²) in [7, 11) is 3.37. The van der Waals surface area contributed by atoms with Crippen molar-refractivity contribution in [3.63, 3.8) is 0 Å². The molecular weight excluding hydrogens is 441 g/mol. The first kappa shape index (κ1) is 21.9. The predicted octanol–water partition coefficient (Wildman–Crippen LogP) is 2.75. The Hall–Kier alpha value is -2.29. The largest absolute Gasteiger partial charge is 0.396 e. The maximum atomic E-state index is 13.3. The molecule has 1 fully saturated rings. The fourth-order valence-electron chi connectivity index (χ4n) is 4.30. The van der Waals surface area contributed by atoms with Gasteiger partial charge in [0.2, 0.25) is 5.95 Å². The second-order valence-electron chi connectivity index (χ2n) is 8.20. The van der Waals surface area contributed by atoms with Gasteiger partial charge in [0.15, 0.2) is 11.2 Å². The van der Waals surface area contributed by atoms with E-state index in [1.807, 2.05) is 0 Å². The van der Waals surface area contributed by atoms with Crippen LogP contribution in [0, 0.1) is 5.92 Å². The molecule has 1 aromatic carbocycles.